The molecular weight excluding hydrogens is 348 g/mol. The predicted octanol–water partition coefficient (Wildman–Crippen LogP) is 2.35. The van der Waals surface area contributed by atoms with Gasteiger partial charge >= 0.3 is 0 Å². The zero-order valence-electron chi connectivity index (χ0n) is 15.9. The van der Waals surface area contributed by atoms with Crippen LogP contribution in [0, 0.1) is 0 Å². The van der Waals surface area contributed by atoms with Gasteiger partial charge in [-0.3, -0.25) is 9.59 Å². The van der Waals surface area contributed by atoms with E-state index in [1.54, 1.807) is 64.7 Å². The van der Waals surface area contributed by atoms with Gasteiger partial charge < -0.3 is 24.4 Å². The van der Waals surface area contributed by atoms with E-state index in [9.17, 15) is 9.59 Å². The van der Waals surface area contributed by atoms with Gasteiger partial charge in [0.25, 0.3) is 5.91 Å². The Morgan fingerprint density at radius 1 is 0.963 bits per heavy atom. The highest BCUT2D eigenvalue weighted by atomic mass is 16.5. The minimum absolute atomic E-state index is 0.0298. The molecule has 7 nitrogen and oxygen atoms in total. The summed E-state index contributed by atoms with van der Waals surface area (Å²) in [6.07, 6.45) is 0.204. The number of carbonyl (C=O) groups is 2. The van der Waals surface area contributed by atoms with Gasteiger partial charge in [0.1, 0.15) is 5.75 Å². The lowest BCUT2D eigenvalue weighted by Gasteiger charge is -2.12. The van der Waals surface area contributed by atoms with Gasteiger partial charge in [0, 0.05) is 19.8 Å². The lowest BCUT2D eigenvalue weighted by Crippen LogP contribution is -2.27. The molecule has 0 radical (unpaired) electrons. The molecule has 7 heteroatoms. The fraction of sp³-hybridized carbons (Fsp3) is 0.300. The number of methoxy groups -OCH3 is 2. The van der Waals surface area contributed by atoms with Crippen molar-refractivity contribution < 1.29 is 23.8 Å². The van der Waals surface area contributed by atoms with Gasteiger partial charge in [-0.15, -0.1) is 0 Å². The quantitative estimate of drug-likeness (QED) is 0.770. The van der Waals surface area contributed by atoms with Gasteiger partial charge in [-0.05, 0) is 42.0 Å². The van der Waals surface area contributed by atoms with E-state index in [1.807, 2.05) is 6.07 Å². The highest BCUT2D eigenvalue weighted by Crippen LogP contribution is 2.27. The Morgan fingerprint density at radius 3 is 2.22 bits per heavy atom. The first-order chi connectivity index (χ1) is 12.9. The average Bonchev–Trinajstić information content (AvgIpc) is 2.66. The first-order valence-corrected chi connectivity index (χ1v) is 8.36. The molecule has 1 N–H and O–H groups in total. The third-order valence-electron chi connectivity index (χ3n) is 3.81. The summed E-state index contributed by atoms with van der Waals surface area (Å²) in [6, 6.07) is 12.2. The number of anilines is 1. The van der Waals surface area contributed by atoms with Crippen LogP contribution in [-0.4, -0.2) is 51.6 Å². The molecule has 27 heavy (non-hydrogen) atoms. The normalized spacial score (nSPS) is 10.1. The molecule has 0 unspecified atom stereocenters. The zero-order chi connectivity index (χ0) is 19.8. The van der Waals surface area contributed by atoms with Crippen LogP contribution < -0.4 is 19.5 Å². The van der Waals surface area contributed by atoms with Gasteiger partial charge in [0.05, 0.1) is 20.6 Å². The van der Waals surface area contributed by atoms with Crippen molar-refractivity contribution in [2.24, 2.45) is 0 Å². The van der Waals surface area contributed by atoms with Crippen LogP contribution in [0.15, 0.2) is 42.5 Å². The third kappa shape index (κ3) is 5.91. The van der Waals surface area contributed by atoms with Crippen LogP contribution in [0.3, 0.4) is 0 Å². The minimum atomic E-state index is -0.154. The van der Waals surface area contributed by atoms with Crippen molar-refractivity contribution in [1.82, 2.24) is 4.90 Å². The van der Waals surface area contributed by atoms with Crippen LogP contribution in [0.1, 0.15) is 5.56 Å². The van der Waals surface area contributed by atoms with Crippen LogP contribution in [0.2, 0.25) is 0 Å². The van der Waals surface area contributed by atoms with Gasteiger partial charge in [-0.1, -0.05) is 6.07 Å². The number of amides is 2. The topological polar surface area (TPSA) is 77.1 Å². The van der Waals surface area contributed by atoms with Gasteiger partial charge in [-0.2, -0.15) is 0 Å². The number of likely N-dealkylation sites (N-methyl/N-ethyl adjacent to an activating group) is 1. The first kappa shape index (κ1) is 20.1. The molecule has 0 aliphatic carbocycles. The van der Waals surface area contributed by atoms with Crippen LogP contribution in [0.25, 0.3) is 0 Å². The van der Waals surface area contributed by atoms with Gasteiger partial charge in [0.2, 0.25) is 5.91 Å². The number of hydrogen-bond donors (Lipinski definition) is 1. The molecule has 0 aliphatic rings. The fourth-order valence-electron chi connectivity index (χ4n) is 2.29. The van der Waals surface area contributed by atoms with Gasteiger partial charge in [0.15, 0.2) is 18.1 Å². The Balaban J connectivity index is 1.91. The van der Waals surface area contributed by atoms with E-state index >= 15 is 0 Å². The van der Waals surface area contributed by atoms with Crippen molar-refractivity contribution in [3.8, 4) is 17.2 Å². The highest BCUT2D eigenvalue weighted by molar-refractivity contribution is 5.92. The smallest absolute Gasteiger partial charge is 0.259 e. The Labute approximate surface area is 158 Å². The number of carbonyl (C=O) groups excluding carboxylic acids is 2. The molecule has 0 fully saturated rings. The minimum Gasteiger partial charge on any atom is -0.493 e. The van der Waals surface area contributed by atoms with Crippen molar-refractivity contribution in [3.63, 3.8) is 0 Å². The summed E-state index contributed by atoms with van der Waals surface area (Å²) >= 11 is 0. The number of nitrogens with zero attached hydrogens (tertiary/aromatic N) is 1. The molecule has 2 aromatic rings. The summed E-state index contributed by atoms with van der Waals surface area (Å²) in [4.78, 5) is 25.2. The fourth-order valence-corrected chi connectivity index (χ4v) is 2.29. The maximum atomic E-state index is 12.2. The Morgan fingerprint density at radius 2 is 1.63 bits per heavy atom. The molecule has 0 bridgehead atoms. The number of rotatable bonds is 8. The second-order valence-electron chi connectivity index (χ2n) is 6.02. The number of benzene rings is 2. The van der Waals surface area contributed by atoms with Crippen LogP contribution in [-0.2, 0) is 16.0 Å². The molecule has 2 aromatic carbocycles. The largest absolute Gasteiger partial charge is 0.493 e. The standard InChI is InChI=1S/C20H24N2O5/c1-22(2)20(24)13-27-16-8-6-15(7-9-16)21-19(23)12-14-5-10-17(25-3)18(11-14)26-4/h5-11H,12-13H2,1-4H3,(H,21,23). The van der Waals surface area contributed by atoms with Crippen molar-refractivity contribution in [3.05, 3.63) is 48.0 Å². The summed E-state index contributed by atoms with van der Waals surface area (Å²) in [5.74, 6) is 1.48. The van der Waals surface area contributed by atoms with Crippen LogP contribution in [0.4, 0.5) is 5.69 Å². The molecule has 0 saturated heterocycles. The second kappa shape index (κ2) is 9.47. The average molecular weight is 372 g/mol. The van der Waals surface area contributed by atoms with Crippen molar-refractivity contribution in [1.29, 1.82) is 0 Å². The SMILES string of the molecule is COc1ccc(CC(=O)Nc2ccc(OCC(=O)N(C)C)cc2)cc1OC. The Hall–Kier alpha value is -3.22. The second-order valence-corrected chi connectivity index (χ2v) is 6.02. The van der Waals surface area contributed by atoms with Crippen molar-refractivity contribution in [2.75, 3.05) is 40.2 Å². The number of ether oxygens (including phenoxy) is 3. The summed E-state index contributed by atoms with van der Waals surface area (Å²) in [5.41, 5.74) is 1.46. The van der Waals surface area contributed by atoms with Crippen LogP contribution in [0.5, 0.6) is 17.2 Å². The number of hydrogen-bond acceptors (Lipinski definition) is 5. The van der Waals surface area contributed by atoms with E-state index in [4.69, 9.17) is 14.2 Å². The maximum absolute atomic E-state index is 12.2. The first-order valence-electron chi connectivity index (χ1n) is 8.36. The molecule has 2 rings (SSSR count). The summed E-state index contributed by atoms with van der Waals surface area (Å²) < 4.78 is 15.8. The molecule has 0 saturated carbocycles. The van der Waals surface area contributed by atoms with Gasteiger partial charge in [-0.25, -0.2) is 0 Å². The molecule has 0 atom stereocenters. The third-order valence-corrected chi connectivity index (χ3v) is 3.81. The molecule has 0 aliphatic heterocycles. The van der Waals surface area contributed by atoms with E-state index in [2.05, 4.69) is 5.32 Å². The molecule has 144 valence electrons. The molecular formula is C20H24N2O5. The van der Waals surface area contributed by atoms with E-state index < -0.39 is 0 Å². The lowest BCUT2D eigenvalue weighted by atomic mass is 10.1. The lowest BCUT2D eigenvalue weighted by molar-refractivity contribution is -0.130. The highest BCUT2D eigenvalue weighted by Gasteiger charge is 2.09. The Kier molecular flexibility index (Phi) is 7.05. The summed E-state index contributed by atoms with van der Waals surface area (Å²) in [6.45, 7) is -0.0298. The van der Waals surface area contributed by atoms with Crippen molar-refractivity contribution in [2.45, 2.75) is 6.42 Å². The van der Waals surface area contributed by atoms with Crippen molar-refractivity contribution >= 4 is 17.5 Å². The molecule has 0 spiro atoms. The molecule has 2 amide bonds. The monoisotopic (exact) mass is 372 g/mol. The maximum Gasteiger partial charge on any atom is 0.259 e. The van der Waals surface area contributed by atoms with Crippen LogP contribution >= 0.6 is 0 Å². The zero-order valence-corrected chi connectivity index (χ0v) is 15.9. The number of nitrogens with one attached hydrogen (secondary N) is 1. The molecule has 0 aromatic heterocycles. The van der Waals surface area contributed by atoms with E-state index in [1.165, 1.54) is 4.90 Å². The predicted molar refractivity (Wildman–Crippen MR) is 103 cm³/mol. The van der Waals surface area contributed by atoms with E-state index in [0.717, 1.165) is 5.56 Å². The van der Waals surface area contributed by atoms with E-state index in [0.29, 0.717) is 22.9 Å². The summed E-state index contributed by atoms with van der Waals surface area (Å²) in [7, 11) is 6.46. The Bertz CT molecular complexity index is 787. The molecule has 0 heterocycles. The van der Waals surface area contributed by atoms with E-state index in [-0.39, 0.29) is 24.8 Å². The summed E-state index contributed by atoms with van der Waals surface area (Å²) in [5, 5.41) is 2.83.